The predicted molar refractivity (Wildman–Crippen MR) is 114 cm³/mol. The second-order valence-corrected chi connectivity index (χ2v) is 8.17. The normalized spacial score (nSPS) is 12.7. The number of aromatic nitrogens is 2. The van der Waals surface area contributed by atoms with Crippen LogP contribution in [-0.2, 0) is 11.5 Å². The number of thioether (sulfide) groups is 1. The zero-order valence-corrected chi connectivity index (χ0v) is 17.3. The molecule has 4 rings (SSSR count). The van der Waals surface area contributed by atoms with Gasteiger partial charge >= 0.3 is 0 Å². The lowest BCUT2D eigenvalue weighted by Gasteiger charge is -2.14. The van der Waals surface area contributed by atoms with Gasteiger partial charge in [-0.15, -0.1) is 0 Å². The molecule has 0 saturated heterocycles. The number of amides is 1. The molecule has 7 nitrogen and oxygen atoms in total. The molecule has 0 bridgehead atoms. The van der Waals surface area contributed by atoms with Crippen LogP contribution in [0.3, 0.4) is 0 Å². The van der Waals surface area contributed by atoms with E-state index in [4.69, 9.17) is 16.7 Å². The Morgan fingerprint density at radius 1 is 1.28 bits per heavy atom. The molecule has 1 amide bonds. The van der Waals surface area contributed by atoms with Crippen LogP contribution in [0.25, 0.3) is 5.69 Å². The number of nitro groups is 1. The Labute approximate surface area is 176 Å². The van der Waals surface area contributed by atoms with Crippen LogP contribution < -0.4 is 5.32 Å². The number of non-ortho nitro benzene ring substituents is 1. The van der Waals surface area contributed by atoms with Gasteiger partial charge in [-0.05, 0) is 37.1 Å². The quantitative estimate of drug-likeness (QED) is 0.464. The van der Waals surface area contributed by atoms with Crippen molar-refractivity contribution in [2.24, 2.45) is 0 Å². The van der Waals surface area contributed by atoms with Crippen LogP contribution in [0, 0.1) is 24.0 Å². The van der Waals surface area contributed by atoms with Gasteiger partial charge in [0, 0.05) is 29.2 Å². The highest BCUT2D eigenvalue weighted by Gasteiger charge is 2.26. The van der Waals surface area contributed by atoms with Crippen molar-refractivity contribution in [3.8, 4) is 5.69 Å². The van der Waals surface area contributed by atoms with Crippen molar-refractivity contribution in [1.82, 2.24) is 9.78 Å². The fourth-order valence-corrected chi connectivity index (χ4v) is 4.49. The van der Waals surface area contributed by atoms with E-state index in [1.54, 1.807) is 16.4 Å². The first-order valence-electron chi connectivity index (χ1n) is 8.87. The van der Waals surface area contributed by atoms with E-state index in [0.717, 1.165) is 39.6 Å². The first-order valence-corrected chi connectivity index (χ1v) is 10.4. The number of benzene rings is 2. The summed E-state index contributed by atoms with van der Waals surface area (Å²) in [6, 6.07) is 9.73. The second kappa shape index (κ2) is 7.53. The number of carbonyl (C=O) groups excluding carboxylic acids is 1. The molecule has 1 N–H and O–H groups in total. The molecule has 0 fully saturated rings. The van der Waals surface area contributed by atoms with E-state index in [1.165, 1.54) is 18.2 Å². The number of hydrogen-bond donors (Lipinski definition) is 1. The third-order valence-corrected chi connectivity index (χ3v) is 6.29. The van der Waals surface area contributed by atoms with Crippen LogP contribution >= 0.6 is 23.4 Å². The molecule has 0 aliphatic carbocycles. The first-order chi connectivity index (χ1) is 13.9. The molecule has 148 valence electrons. The maximum Gasteiger partial charge on any atom is 0.270 e. The van der Waals surface area contributed by atoms with Crippen molar-refractivity contribution in [3.63, 3.8) is 0 Å². The van der Waals surface area contributed by atoms with Gasteiger partial charge in [-0.25, -0.2) is 4.68 Å². The molecule has 3 aromatic rings. The summed E-state index contributed by atoms with van der Waals surface area (Å²) in [7, 11) is 0. The van der Waals surface area contributed by atoms with Crippen molar-refractivity contribution in [2.75, 3.05) is 5.32 Å². The molecule has 2 aromatic carbocycles. The minimum Gasteiger partial charge on any atom is -0.306 e. The Kier molecular flexibility index (Phi) is 5.06. The molecule has 0 radical (unpaired) electrons. The molecular weight excluding hydrogens is 412 g/mol. The van der Waals surface area contributed by atoms with Gasteiger partial charge in [0.05, 0.1) is 26.9 Å². The van der Waals surface area contributed by atoms with Gasteiger partial charge in [-0.2, -0.15) is 16.9 Å². The maximum absolute atomic E-state index is 13.0. The number of aryl methyl sites for hydroxylation is 1. The molecule has 2 heterocycles. The fraction of sp³-hybridized carbons (Fsp3) is 0.200. The van der Waals surface area contributed by atoms with Gasteiger partial charge in [-0.1, -0.05) is 23.7 Å². The Bertz CT molecular complexity index is 1160. The minimum atomic E-state index is -0.554. The third-order valence-electron chi connectivity index (χ3n) is 4.99. The number of nitrogens with zero attached hydrogens (tertiary/aromatic N) is 3. The van der Waals surface area contributed by atoms with Crippen molar-refractivity contribution in [2.45, 2.75) is 25.4 Å². The molecule has 1 aliphatic heterocycles. The Balaban J connectivity index is 1.78. The highest BCUT2D eigenvalue weighted by molar-refractivity contribution is 7.98. The van der Waals surface area contributed by atoms with Gasteiger partial charge in [0.15, 0.2) is 0 Å². The van der Waals surface area contributed by atoms with Gasteiger partial charge in [0.2, 0.25) is 0 Å². The van der Waals surface area contributed by atoms with Crippen LogP contribution in [-0.4, -0.2) is 20.6 Å². The third kappa shape index (κ3) is 3.49. The Morgan fingerprint density at radius 3 is 2.83 bits per heavy atom. The topological polar surface area (TPSA) is 90.1 Å². The highest BCUT2D eigenvalue weighted by atomic mass is 35.5. The molecule has 29 heavy (non-hydrogen) atoms. The van der Waals surface area contributed by atoms with Crippen molar-refractivity contribution >= 4 is 40.8 Å². The lowest BCUT2D eigenvalue weighted by atomic mass is 10.1. The zero-order chi connectivity index (χ0) is 20.7. The van der Waals surface area contributed by atoms with Crippen LogP contribution in [0.2, 0.25) is 5.02 Å². The summed E-state index contributed by atoms with van der Waals surface area (Å²) >= 11 is 7.87. The molecule has 0 spiro atoms. The van der Waals surface area contributed by atoms with E-state index in [9.17, 15) is 14.9 Å². The summed E-state index contributed by atoms with van der Waals surface area (Å²) in [5.41, 5.74) is 4.81. The number of hydrogen-bond acceptors (Lipinski definition) is 5. The van der Waals surface area contributed by atoms with E-state index in [-0.39, 0.29) is 16.3 Å². The Morgan fingerprint density at radius 2 is 2.07 bits per heavy atom. The lowest BCUT2D eigenvalue weighted by molar-refractivity contribution is -0.384. The van der Waals surface area contributed by atoms with Gasteiger partial charge in [-0.3, -0.25) is 14.9 Å². The van der Waals surface area contributed by atoms with Crippen LogP contribution in [0.1, 0.15) is 32.7 Å². The van der Waals surface area contributed by atoms with Gasteiger partial charge < -0.3 is 5.32 Å². The first kappa shape index (κ1) is 19.5. The second-order valence-electron chi connectivity index (χ2n) is 6.77. The predicted octanol–water partition coefficient (Wildman–Crippen LogP) is 5.05. The zero-order valence-electron chi connectivity index (χ0n) is 15.7. The van der Waals surface area contributed by atoms with E-state index in [2.05, 4.69) is 5.32 Å². The SMILES string of the molecule is Cc1cccc(-n2nc3c(c2NC(=O)c2cc([N+](=O)[O-])ccc2Cl)CSC3)c1C. The summed E-state index contributed by atoms with van der Waals surface area (Å²) in [4.78, 5) is 23.5. The van der Waals surface area contributed by atoms with Crippen LogP contribution in [0.5, 0.6) is 0 Å². The average molecular weight is 429 g/mol. The summed E-state index contributed by atoms with van der Waals surface area (Å²) in [5.74, 6) is 1.57. The lowest BCUT2D eigenvalue weighted by Crippen LogP contribution is -2.17. The van der Waals surface area contributed by atoms with E-state index >= 15 is 0 Å². The Hall–Kier alpha value is -2.84. The molecule has 1 aliphatic rings. The summed E-state index contributed by atoms with van der Waals surface area (Å²) < 4.78 is 1.75. The highest BCUT2D eigenvalue weighted by Crippen LogP contribution is 2.37. The number of nitro benzene ring substituents is 1. The summed E-state index contributed by atoms with van der Waals surface area (Å²) in [6.07, 6.45) is 0. The smallest absolute Gasteiger partial charge is 0.270 e. The molecule has 0 saturated carbocycles. The van der Waals surface area contributed by atoms with Crippen molar-refractivity contribution in [1.29, 1.82) is 0 Å². The standard InChI is InChI=1S/C20H17ClN4O3S/c1-11-4-3-5-18(12(11)2)24-19(15-9-29-10-17(15)23-24)22-20(26)14-8-13(25(27)28)6-7-16(14)21/h3-8H,9-10H2,1-2H3,(H,22,26). The molecule has 0 atom stereocenters. The number of fused-ring (bicyclic) bond motifs is 1. The van der Waals surface area contributed by atoms with E-state index in [0.29, 0.717) is 5.82 Å². The number of carbonyl (C=O) groups is 1. The minimum absolute atomic E-state index is 0.0500. The van der Waals surface area contributed by atoms with Crippen LogP contribution in [0.4, 0.5) is 11.5 Å². The summed E-state index contributed by atoms with van der Waals surface area (Å²) in [6.45, 7) is 4.03. The van der Waals surface area contributed by atoms with Crippen molar-refractivity contribution in [3.05, 3.63) is 79.5 Å². The van der Waals surface area contributed by atoms with E-state index < -0.39 is 10.8 Å². The van der Waals surface area contributed by atoms with E-state index in [1.807, 2.05) is 32.0 Å². The molecule has 9 heteroatoms. The molecular formula is C20H17ClN4O3S. The number of halogens is 1. The number of anilines is 1. The van der Waals surface area contributed by atoms with Crippen LogP contribution in [0.15, 0.2) is 36.4 Å². The van der Waals surface area contributed by atoms with Gasteiger partial charge in [0.25, 0.3) is 11.6 Å². The van der Waals surface area contributed by atoms with Gasteiger partial charge in [0.1, 0.15) is 5.82 Å². The molecule has 0 unspecified atom stereocenters. The molecule has 1 aromatic heterocycles. The summed E-state index contributed by atoms with van der Waals surface area (Å²) in [5, 5.41) is 18.8. The number of nitrogens with one attached hydrogen (secondary N) is 1. The monoisotopic (exact) mass is 428 g/mol. The maximum atomic E-state index is 13.0. The largest absolute Gasteiger partial charge is 0.306 e. The fourth-order valence-electron chi connectivity index (χ4n) is 3.26. The van der Waals surface area contributed by atoms with Crippen molar-refractivity contribution < 1.29 is 9.72 Å². The average Bonchev–Trinajstić information content (AvgIpc) is 3.27. The number of rotatable bonds is 4.